The highest BCUT2D eigenvalue weighted by molar-refractivity contribution is 5.76. The molecule has 0 saturated carbocycles. The van der Waals surface area contributed by atoms with Crippen LogP contribution in [-0.2, 0) is 4.79 Å². The molecule has 0 saturated heterocycles. The van der Waals surface area contributed by atoms with Crippen molar-refractivity contribution < 1.29 is 4.79 Å². The SMILES string of the molecule is CCN(CC)C(=O)CCNc1ncnc(N)c1C. The standard InChI is InChI=1S/C12H21N5O/c1-4-17(5-2)10(18)6-7-14-12-9(3)11(13)15-8-16-12/h8H,4-7H2,1-3H3,(H3,13,14,15,16). The Kier molecular flexibility index (Phi) is 5.35. The molecule has 0 aromatic carbocycles. The van der Waals surface area contributed by atoms with E-state index in [2.05, 4.69) is 15.3 Å². The van der Waals surface area contributed by atoms with Gasteiger partial charge in [0.15, 0.2) is 0 Å². The van der Waals surface area contributed by atoms with Crippen LogP contribution >= 0.6 is 0 Å². The molecule has 1 aromatic heterocycles. The number of carbonyl (C=O) groups is 1. The molecule has 6 nitrogen and oxygen atoms in total. The summed E-state index contributed by atoms with van der Waals surface area (Å²) in [4.78, 5) is 21.6. The van der Waals surface area contributed by atoms with Crippen molar-refractivity contribution >= 4 is 17.5 Å². The van der Waals surface area contributed by atoms with Gasteiger partial charge < -0.3 is 16.0 Å². The molecule has 18 heavy (non-hydrogen) atoms. The molecule has 0 aliphatic carbocycles. The number of nitrogens with one attached hydrogen (secondary N) is 1. The van der Waals surface area contributed by atoms with Crippen molar-refractivity contribution in [1.82, 2.24) is 14.9 Å². The average Bonchev–Trinajstić information content (AvgIpc) is 2.36. The van der Waals surface area contributed by atoms with Crippen LogP contribution in [0.3, 0.4) is 0 Å². The molecular weight excluding hydrogens is 230 g/mol. The summed E-state index contributed by atoms with van der Waals surface area (Å²) < 4.78 is 0. The van der Waals surface area contributed by atoms with Crippen molar-refractivity contribution in [2.45, 2.75) is 27.2 Å². The van der Waals surface area contributed by atoms with E-state index < -0.39 is 0 Å². The second-order valence-electron chi connectivity index (χ2n) is 3.98. The third-order valence-corrected chi connectivity index (χ3v) is 2.87. The number of nitrogens with two attached hydrogens (primary N) is 1. The second-order valence-corrected chi connectivity index (χ2v) is 3.98. The lowest BCUT2D eigenvalue weighted by molar-refractivity contribution is -0.130. The number of nitrogens with zero attached hydrogens (tertiary/aromatic N) is 3. The van der Waals surface area contributed by atoms with Gasteiger partial charge in [-0.3, -0.25) is 4.79 Å². The molecule has 0 fully saturated rings. The Bertz CT molecular complexity index is 403. The molecule has 0 bridgehead atoms. The maximum Gasteiger partial charge on any atom is 0.224 e. The first-order chi connectivity index (χ1) is 8.60. The van der Waals surface area contributed by atoms with Crippen LogP contribution in [0.25, 0.3) is 0 Å². The Hall–Kier alpha value is -1.85. The van der Waals surface area contributed by atoms with Gasteiger partial charge in [0.25, 0.3) is 0 Å². The fourth-order valence-corrected chi connectivity index (χ4v) is 1.66. The first kappa shape index (κ1) is 14.2. The van der Waals surface area contributed by atoms with E-state index in [0.29, 0.717) is 24.6 Å². The molecule has 1 heterocycles. The van der Waals surface area contributed by atoms with Crippen LogP contribution in [-0.4, -0.2) is 40.4 Å². The van der Waals surface area contributed by atoms with E-state index in [9.17, 15) is 4.79 Å². The van der Waals surface area contributed by atoms with Crippen molar-refractivity contribution in [2.24, 2.45) is 0 Å². The van der Waals surface area contributed by atoms with Crippen LogP contribution in [0.5, 0.6) is 0 Å². The lowest BCUT2D eigenvalue weighted by Crippen LogP contribution is -2.31. The van der Waals surface area contributed by atoms with Gasteiger partial charge in [-0.2, -0.15) is 0 Å². The molecule has 0 atom stereocenters. The highest BCUT2D eigenvalue weighted by atomic mass is 16.2. The van der Waals surface area contributed by atoms with Gasteiger partial charge in [0, 0.05) is 31.6 Å². The largest absolute Gasteiger partial charge is 0.383 e. The van der Waals surface area contributed by atoms with Gasteiger partial charge in [0.1, 0.15) is 18.0 Å². The van der Waals surface area contributed by atoms with Gasteiger partial charge in [-0.1, -0.05) is 0 Å². The van der Waals surface area contributed by atoms with Crippen LogP contribution in [0.15, 0.2) is 6.33 Å². The summed E-state index contributed by atoms with van der Waals surface area (Å²) in [6.07, 6.45) is 1.86. The first-order valence-corrected chi connectivity index (χ1v) is 6.18. The van der Waals surface area contributed by atoms with Crippen LogP contribution in [0.2, 0.25) is 0 Å². The minimum Gasteiger partial charge on any atom is -0.383 e. The van der Waals surface area contributed by atoms with E-state index in [-0.39, 0.29) is 5.91 Å². The molecule has 0 unspecified atom stereocenters. The lowest BCUT2D eigenvalue weighted by Gasteiger charge is -2.18. The molecule has 0 aliphatic heterocycles. The Balaban J connectivity index is 2.47. The molecule has 100 valence electrons. The van der Waals surface area contributed by atoms with Crippen molar-refractivity contribution in [3.8, 4) is 0 Å². The second kappa shape index (κ2) is 6.78. The highest BCUT2D eigenvalue weighted by Crippen LogP contribution is 2.14. The molecular formula is C12H21N5O. The Morgan fingerprint density at radius 1 is 1.39 bits per heavy atom. The van der Waals surface area contributed by atoms with Crippen molar-refractivity contribution in [2.75, 3.05) is 30.7 Å². The maximum absolute atomic E-state index is 11.8. The molecule has 1 amide bonds. The summed E-state index contributed by atoms with van der Waals surface area (Å²) in [5.74, 6) is 1.30. The molecule has 0 spiro atoms. The molecule has 6 heteroatoms. The van der Waals surface area contributed by atoms with E-state index in [1.54, 1.807) is 0 Å². The van der Waals surface area contributed by atoms with Crippen molar-refractivity contribution in [3.05, 3.63) is 11.9 Å². The van der Waals surface area contributed by atoms with Gasteiger partial charge in [0.2, 0.25) is 5.91 Å². The van der Waals surface area contributed by atoms with Crippen LogP contribution in [0, 0.1) is 6.92 Å². The number of amides is 1. The van der Waals surface area contributed by atoms with E-state index in [0.717, 1.165) is 18.7 Å². The summed E-state index contributed by atoms with van der Waals surface area (Å²) >= 11 is 0. The average molecular weight is 251 g/mol. The third kappa shape index (κ3) is 3.58. The van der Waals surface area contributed by atoms with Crippen LogP contribution < -0.4 is 11.1 Å². The zero-order valence-corrected chi connectivity index (χ0v) is 11.2. The predicted octanol–water partition coefficient (Wildman–Crippen LogP) is 1.04. The Labute approximate surface area is 108 Å². The summed E-state index contributed by atoms with van der Waals surface area (Å²) in [6, 6.07) is 0. The minimum atomic E-state index is 0.146. The van der Waals surface area contributed by atoms with E-state index in [1.807, 2.05) is 25.7 Å². The molecule has 3 N–H and O–H groups in total. The Morgan fingerprint density at radius 3 is 2.67 bits per heavy atom. The smallest absolute Gasteiger partial charge is 0.224 e. The number of nitrogen functional groups attached to an aromatic ring is 1. The molecule has 1 rings (SSSR count). The Morgan fingerprint density at radius 2 is 2.06 bits per heavy atom. The van der Waals surface area contributed by atoms with Gasteiger partial charge in [0.05, 0.1) is 0 Å². The summed E-state index contributed by atoms with van der Waals surface area (Å²) in [6.45, 7) is 7.84. The lowest BCUT2D eigenvalue weighted by atomic mass is 10.3. The van der Waals surface area contributed by atoms with E-state index in [4.69, 9.17) is 5.73 Å². The monoisotopic (exact) mass is 251 g/mol. The zero-order chi connectivity index (χ0) is 13.5. The molecule has 1 aromatic rings. The summed E-state index contributed by atoms with van der Waals surface area (Å²) in [7, 11) is 0. The molecule has 0 aliphatic rings. The normalized spacial score (nSPS) is 10.2. The van der Waals surface area contributed by atoms with Gasteiger partial charge in [-0.25, -0.2) is 9.97 Å². The topological polar surface area (TPSA) is 84.1 Å². The number of carbonyl (C=O) groups excluding carboxylic acids is 1. The fraction of sp³-hybridized carbons (Fsp3) is 0.583. The van der Waals surface area contributed by atoms with Crippen LogP contribution in [0.1, 0.15) is 25.8 Å². The highest BCUT2D eigenvalue weighted by Gasteiger charge is 2.09. The van der Waals surface area contributed by atoms with E-state index >= 15 is 0 Å². The zero-order valence-electron chi connectivity index (χ0n) is 11.2. The summed E-state index contributed by atoms with van der Waals surface area (Å²) in [5.41, 5.74) is 6.49. The minimum absolute atomic E-state index is 0.146. The number of anilines is 2. The third-order valence-electron chi connectivity index (χ3n) is 2.87. The van der Waals surface area contributed by atoms with Gasteiger partial charge in [-0.15, -0.1) is 0 Å². The van der Waals surface area contributed by atoms with Crippen molar-refractivity contribution in [3.63, 3.8) is 0 Å². The fourth-order valence-electron chi connectivity index (χ4n) is 1.66. The summed E-state index contributed by atoms with van der Waals surface area (Å²) in [5, 5.41) is 3.11. The number of rotatable bonds is 6. The van der Waals surface area contributed by atoms with Crippen molar-refractivity contribution in [1.29, 1.82) is 0 Å². The predicted molar refractivity (Wildman–Crippen MR) is 72.2 cm³/mol. The van der Waals surface area contributed by atoms with Gasteiger partial charge in [-0.05, 0) is 20.8 Å². The maximum atomic E-state index is 11.8. The quantitative estimate of drug-likeness (QED) is 0.789. The molecule has 0 radical (unpaired) electrons. The van der Waals surface area contributed by atoms with Crippen LogP contribution in [0.4, 0.5) is 11.6 Å². The number of aromatic nitrogens is 2. The number of hydrogen-bond acceptors (Lipinski definition) is 5. The first-order valence-electron chi connectivity index (χ1n) is 6.18. The van der Waals surface area contributed by atoms with E-state index in [1.165, 1.54) is 6.33 Å². The number of hydrogen-bond donors (Lipinski definition) is 2. The van der Waals surface area contributed by atoms with Gasteiger partial charge >= 0.3 is 0 Å².